The number of rotatable bonds is 3. The molecule has 0 heterocycles. The van der Waals surface area contributed by atoms with Crippen molar-refractivity contribution in [2.45, 2.75) is 38.3 Å². The number of halogens is 1. The highest BCUT2D eigenvalue weighted by atomic mass is 19.1. The minimum Gasteiger partial charge on any atom is -0.395 e. The van der Waals surface area contributed by atoms with Gasteiger partial charge >= 0.3 is 0 Å². The predicted octanol–water partition coefficient (Wildman–Crippen LogP) is 2.17. The Balaban J connectivity index is 2.19. The van der Waals surface area contributed by atoms with Gasteiger partial charge in [0.2, 0.25) is 0 Å². The second-order valence-electron chi connectivity index (χ2n) is 4.54. The van der Waals surface area contributed by atoms with Gasteiger partial charge in [-0.2, -0.15) is 0 Å². The van der Waals surface area contributed by atoms with Gasteiger partial charge in [0.15, 0.2) is 0 Å². The molecule has 0 amide bonds. The van der Waals surface area contributed by atoms with E-state index >= 15 is 0 Å². The smallest absolute Gasteiger partial charge is 0.123 e. The van der Waals surface area contributed by atoms with Crippen molar-refractivity contribution < 1.29 is 9.50 Å². The van der Waals surface area contributed by atoms with Gasteiger partial charge in [0, 0.05) is 12.1 Å². The van der Waals surface area contributed by atoms with E-state index in [1.165, 1.54) is 11.6 Å². The monoisotopic (exact) mass is 223 g/mol. The van der Waals surface area contributed by atoms with E-state index in [-0.39, 0.29) is 24.5 Å². The summed E-state index contributed by atoms with van der Waals surface area (Å²) in [4.78, 5) is 0. The van der Waals surface area contributed by atoms with Gasteiger partial charge < -0.3 is 10.4 Å². The van der Waals surface area contributed by atoms with E-state index in [9.17, 15) is 4.39 Å². The highest BCUT2D eigenvalue weighted by Crippen LogP contribution is 2.30. The summed E-state index contributed by atoms with van der Waals surface area (Å²) in [5, 5.41) is 12.4. The zero-order chi connectivity index (χ0) is 11.5. The summed E-state index contributed by atoms with van der Waals surface area (Å²) in [5.41, 5.74) is 2.29. The first kappa shape index (κ1) is 11.6. The van der Waals surface area contributed by atoms with Crippen LogP contribution in [0, 0.1) is 5.82 Å². The van der Waals surface area contributed by atoms with E-state index in [0.717, 1.165) is 24.8 Å². The van der Waals surface area contributed by atoms with Crippen LogP contribution in [0.5, 0.6) is 0 Å². The minimum absolute atomic E-state index is 0.0843. The maximum Gasteiger partial charge on any atom is 0.123 e. The van der Waals surface area contributed by atoms with Crippen molar-refractivity contribution in [3.05, 3.63) is 35.1 Å². The van der Waals surface area contributed by atoms with Crippen molar-refractivity contribution in [1.29, 1.82) is 0 Å². The summed E-state index contributed by atoms with van der Waals surface area (Å²) < 4.78 is 13.1. The summed E-state index contributed by atoms with van der Waals surface area (Å²) in [6.45, 7) is 2.09. The standard InChI is InChI=1S/C13H18FNO/c1-9(8-16)15-13-4-2-3-10-7-11(14)5-6-12(10)13/h5-7,9,13,15-16H,2-4,8H2,1H3/t9-,13?/m1/s1. The molecule has 1 aliphatic carbocycles. The SMILES string of the molecule is C[C@H](CO)NC1CCCc2cc(F)ccc21. The molecule has 0 spiro atoms. The molecule has 0 aliphatic heterocycles. The number of nitrogens with one attached hydrogen (secondary N) is 1. The van der Waals surface area contributed by atoms with Crippen LogP contribution >= 0.6 is 0 Å². The fraction of sp³-hybridized carbons (Fsp3) is 0.538. The Labute approximate surface area is 95.5 Å². The Morgan fingerprint density at radius 2 is 2.38 bits per heavy atom. The van der Waals surface area contributed by atoms with Gasteiger partial charge in [-0.15, -0.1) is 0 Å². The Hall–Kier alpha value is -0.930. The van der Waals surface area contributed by atoms with Crippen molar-refractivity contribution in [2.24, 2.45) is 0 Å². The second kappa shape index (κ2) is 4.93. The molecule has 88 valence electrons. The number of fused-ring (bicyclic) bond motifs is 1. The number of benzene rings is 1. The molecule has 2 nitrogen and oxygen atoms in total. The van der Waals surface area contributed by atoms with Crippen LogP contribution in [0.15, 0.2) is 18.2 Å². The summed E-state index contributed by atoms with van der Waals surface area (Å²) in [7, 11) is 0. The lowest BCUT2D eigenvalue weighted by molar-refractivity contribution is 0.236. The molecule has 2 atom stereocenters. The van der Waals surface area contributed by atoms with Gasteiger partial charge in [-0.25, -0.2) is 4.39 Å². The minimum atomic E-state index is -0.158. The number of hydrogen-bond acceptors (Lipinski definition) is 2. The predicted molar refractivity (Wildman–Crippen MR) is 61.8 cm³/mol. The van der Waals surface area contributed by atoms with Crippen molar-refractivity contribution in [1.82, 2.24) is 5.32 Å². The topological polar surface area (TPSA) is 32.3 Å². The van der Waals surface area contributed by atoms with Crippen LogP contribution in [0.1, 0.15) is 36.9 Å². The summed E-state index contributed by atoms with van der Waals surface area (Å²) in [6, 6.07) is 5.35. The Morgan fingerprint density at radius 1 is 1.56 bits per heavy atom. The molecule has 0 fully saturated rings. The molecular weight excluding hydrogens is 205 g/mol. The molecule has 0 saturated carbocycles. The summed E-state index contributed by atoms with van der Waals surface area (Å²) >= 11 is 0. The first-order valence-electron chi connectivity index (χ1n) is 5.86. The average Bonchev–Trinajstić information content (AvgIpc) is 2.28. The van der Waals surface area contributed by atoms with Crippen molar-refractivity contribution in [3.8, 4) is 0 Å². The number of aryl methyl sites for hydroxylation is 1. The molecule has 1 aromatic rings. The number of aliphatic hydroxyl groups is 1. The number of hydrogen-bond donors (Lipinski definition) is 2. The van der Waals surface area contributed by atoms with Crippen molar-refractivity contribution >= 4 is 0 Å². The molecule has 0 saturated heterocycles. The fourth-order valence-corrected chi connectivity index (χ4v) is 2.35. The van der Waals surface area contributed by atoms with E-state index in [1.807, 2.05) is 13.0 Å². The zero-order valence-corrected chi connectivity index (χ0v) is 9.54. The molecular formula is C13H18FNO. The molecule has 0 bridgehead atoms. The first-order valence-corrected chi connectivity index (χ1v) is 5.86. The number of aliphatic hydroxyl groups excluding tert-OH is 1. The zero-order valence-electron chi connectivity index (χ0n) is 9.54. The van der Waals surface area contributed by atoms with Crippen LogP contribution in [0.4, 0.5) is 4.39 Å². The highest BCUT2D eigenvalue weighted by Gasteiger charge is 2.21. The van der Waals surface area contributed by atoms with Gasteiger partial charge in [0.05, 0.1) is 6.61 Å². The van der Waals surface area contributed by atoms with Crippen molar-refractivity contribution in [3.63, 3.8) is 0 Å². The third-order valence-electron chi connectivity index (χ3n) is 3.18. The van der Waals surface area contributed by atoms with Crippen LogP contribution in [0.3, 0.4) is 0 Å². The van der Waals surface area contributed by atoms with Gasteiger partial charge in [0.1, 0.15) is 5.82 Å². The molecule has 2 rings (SSSR count). The summed E-state index contributed by atoms with van der Waals surface area (Å²) in [5.74, 6) is -0.158. The molecule has 0 radical (unpaired) electrons. The molecule has 0 aromatic heterocycles. The van der Waals surface area contributed by atoms with E-state index in [2.05, 4.69) is 5.32 Å². The van der Waals surface area contributed by atoms with Gasteiger partial charge in [-0.1, -0.05) is 6.07 Å². The van der Waals surface area contributed by atoms with Gasteiger partial charge in [-0.3, -0.25) is 0 Å². The first-order chi connectivity index (χ1) is 7.70. The molecule has 1 aromatic carbocycles. The largest absolute Gasteiger partial charge is 0.395 e. The Kier molecular flexibility index (Phi) is 3.56. The van der Waals surface area contributed by atoms with E-state index < -0.39 is 0 Å². The van der Waals surface area contributed by atoms with E-state index in [4.69, 9.17) is 5.11 Å². The van der Waals surface area contributed by atoms with Gasteiger partial charge in [0.25, 0.3) is 0 Å². The fourth-order valence-electron chi connectivity index (χ4n) is 2.35. The third kappa shape index (κ3) is 2.42. The lowest BCUT2D eigenvalue weighted by Crippen LogP contribution is -2.34. The van der Waals surface area contributed by atoms with Crippen LogP contribution < -0.4 is 5.32 Å². The van der Waals surface area contributed by atoms with Gasteiger partial charge in [-0.05, 0) is 49.4 Å². The van der Waals surface area contributed by atoms with Crippen LogP contribution in [0.2, 0.25) is 0 Å². The van der Waals surface area contributed by atoms with Crippen LogP contribution in [-0.4, -0.2) is 17.8 Å². The quantitative estimate of drug-likeness (QED) is 0.823. The Morgan fingerprint density at radius 3 is 3.12 bits per heavy atom. The maximum absolute atomic E-state index is 13.1. The Bertz CT molecular complexity index is 367. The lowest BCUT2D eigenvalue weighted by Gasteiger charge is -2.28. The molecule has 1 unspecified atom stereocenters. The molecule has 1 aliphatic rings. The maximum atomic E-state index is 13.1. The van der Waals surface area contributed by atoms with E-state index in [0.29, 0.717) is 0 Å². The third-order valence-corrected chi connectivity index (χ3v) is 3.18. The van der Waals surface area contributed by atoms with Crippen LogP contribution in [0.25, 0.3) is 0 Å². The highest BCUT2D eigenvalue weighted by molar-refractivity contribution is 5.32. The second-order valence-corrected chi connectivity index (χ2v) is 4.54. The van der Waals surface area contributed by atoms with E-state index in [1.54, 1.807) is 6.07 Å². The molecule has 16 heavy (non-hydrogen) atoms. The molecule has 3 heteroatoms. The average molecular weight is 223 g/mol. The van der Waals surface area contributed by atoms with Crippen LogP contribution in [-0.2, 0) is 6.42 Å². The normalized spacial score (nSPS) is 21.6. The van der Waals surface area contributed by atoms with Crippen molar-refractivity contribution in [2.75, 3.05) is 6.61 Å². The lowest BCUT2D eigenvalue weighted by atomic mass is 9.87. The molecule has 2 N–H and O–H groups in total. The summed E-state index contributed by atoms with van der Waals surface area (Å²) in [6.07, 6.45) is 3.09.